The predicted molar refractivity (Wildman–Crippen MR) is 94.5 cm³/mol. The molecule has 26 heavy (non-hydrogen) atoms. The summed E-state index contributed by atoms with van der Waals surface area (Å²) in [4.78, 5) is 12.5. The molecule has 0 aliphatic carbocycles. The molecule has 3 rings (SSSR count). The fourth-order valence-electron chi connectivity index (χ4n) is 2.26. The number of hydrogen-bond acceptors (Lipinski definition) is 5. The summed E-state index contributed by atoms with van der Waals surface area (Å²) in [5, 5.41) is 10.8. The molecule has 1 N–H and O–H groups in total. The number of halogens is 2. The van der Waals surface area contributed by atoms with Crippen molar-refractivity contribution in [3.8, 4) is 17.0 Å². The molecule has 2 aromatic carbocycles. The van der Waals surface area contributed by atoms with E-state index in [-0.39, 0.29) is 11.6 Å². The quantitative estimate of drug-likeness (QED) is 0.694. The van der Waals surface area contributed by atoms with Crippen LogP contribution in [-0.4, -0.2) is 22.3 Å². The van der Waals surface area contributed by atoms with Crippen LogP contribution >= 0.6 is 11.6 Å². The molecule has 1 aromatic heterocycles. The lowest BCUT2D eigenvalue weighted by Gasteiger charge is -2.16. The van der Waals surface area contributed by atoms with Gasteiger partial charge in [0.05, 0.1) is 0 Å². The first kappa shape index (κ1) is 17.9. The lowest BCUT2D eigenvalue weighted by molar-refractivity contribution is -0.122. The van der Waals surface area contributed by atoms with E-state index in [0.29, 0.717) is 28.5 Å². The Labute approximate surface area is 153 Å². The summed E-state index contributed by atoms with van der Waals surface area (Å²) in [6.45, 7) is 1.80. The van der Waals surface area contributed by atoms with Gasteiger partial charge in [-0.05, 0) is 53.1 Å². The standard InChI is InChI=1S/C18H15ClFN3O3/c1-2-15(25-14-9-7-13(20)8-10-14)18(24)21-17-16(22-26-23-17)11-3-5-12(19)6-4-11/h3-10,15H,2H2,1H3,(H,21,23,24)/t15-/m1/s1. The maximum Gasteiger partial charge on any atom is 0.266 e. The fraction of sp³-hybridized carbons (Fsp3) is 0.167. The zero-order valence-electron chi connectivity index (χ0n) is 13.8. The molecule has 0 aliphatic rings. The van der Waals surface area contributed by atoms with Crippen molar-refractivity contribution in [3.63, 3.8) is 0 Å². The Bertz CT molecular complexity index is 881. The van der Waals surface area contributed by atoms with E-state index in [2.05, 4.69) is 15.6 Å². The van der Waals surface area contributed by atoms with Gasteiger partial charge < -0.3 is 10.1 Å². The van der Waals surface area contributed by atoms with Crippen LogP contribution in [0.2, 0.25) is 5.02 Å². The number of anilines is 1. The number of carbonyl (C=O) groups excluding carboxylic acids is 1. The van der Waals surface area contributed by atoms with Crippen molar-refractivity contribution in [1.29, 1.82) is 0 Å². The summed E-state index contributed by atoms with van der Waals surface area (Å²) >= 11 is 5.88. The van der Waals surface area contributed by atoms with Gasteiger partial charge in [0.1, 0.15) is 11.6 Å². The van der Waals surface area contributed by atoms with Crippen LogP contribution in [0.4, 0.5) is 10.2 Å². The molecule has 1 amide bonds. The Morgan fingerprint density at radius 1 is 1.19 bits per heavy atom. The predicted octanol–water partition coefficient (Wildman–Crippen LogP) is 4.33. The summed E-state index contributed by atoms with van der Waals surface area (Å²) in [5.74, 6) is -0.220. The van der Waals surface area contributed by atoms with Gasteiger partial charge in [0.2, 0.25) is 5.82 Å². The van der Waals surface area contributed by atoms with Crippen LogP contribution in [0, 0.1) is 5.82 Å². The molecule has 0 bridgehead atoms. The van der Waals surface area contributed by atoms with Gasteiger partial charge in [-0.1, -0.05) is 30.7 Å². The Morgan fingerprint density at radius 3 is 2.54 bits per heavy atom. The minimum absolute atomic E-state index is 0.179. The molecule has 0 aliphatic heterocycles. The Balaban J connectivity index is 1.73. The third-order valence-electron chi connectivity index (χ3n) is 3.60. The van der Waals surface area contributed by atoms with Crippen LogP contribution in [0.3, 0.4) is 0 Å². The van der Waals surface area contributed by atoms with E-state index < -0.39 is 12.0 Å². The summed E-state index contributed by atoms with van der Waals surface area (Å²) in [6.07, 6.45) is -0.375. The number of carbonyl (C=O) groups is 1. The van der Waals surface area contributed by atoms with E-state index in [1.807, 2.05) is 0 Å². The molecular weight excluding hydrogens is 361 g/mol. The number of ether oxygens (including phenoxy) is 1. The second-order valence-corrected chi connectivity index (χ2v) is 5.86. The topological polar surface area (TPSA) is 77.2 Å². The first-order chi connectivity index (χ1) is 12.6. The van der Waals surface area contributed by atoms with Gasteiger partial charge in [-0.25, -0.2) is 9.02 Å². The second-order valence-electron chi connectivity index (χ2n) is 5.43. The third kappa shape index (κ3) is 4.18. The van der Waals surface area contributed by atoms with Crippen molar-refractivity contribution in [2.45, 2.75) is 19.4 Å². The zero-order chi connectivity index (χ0) is 18.5. The first-order valence-electron chi connectivity index (χ1n) is 7.88. The molecule has 1 heterocycles. The molecule has 3 aromatic rings. The molecule has 0 radical (unpaired) electrons. The van der Waals surface area contributed by atoms with Crippen molar-refractivity contribution >= 4 is 23.3 Å². The monoisotopic (exact) mass is 375 g/mol. The first-order valence-corrected chi connectivity index (χ1v) is 8.26. The van der Waals surface area contributed by atoms with Crippen LogP contribution in [-0.2, 0) is 4.79 Å². The van der Waals surface area contributed by atoms with Crippen LogP contribution < -0.4 is 10.1 Å². The highest BCUT2D eigenvalue weighted by Gasteiger charge is 2.22. The van der Waals surface area contributed by atoms with E-state index in [1.54, 1.807) is 31.2 Å². The van der Waals surface area contributed by atoms with Crippen LogP contribution in [0.1, 0.15) is 13.3 Å². The highest BCUT2D eigenvalue weighted by molar-refractivity contribution is 6.30. The third-order valence-corrected chi connectivity index (χ3v) is 3.85. The molecule has 0 unspecified atom stereocenters. The molecule has 6 nitrogen and oxygen atoms in total. The Hall–Kier alpha value is -2.93. The van der Waals surface area contributed by atoms with Gasteiger partial charge >= 0.3 is 0 Å². The molecule has 0 fully saturated rings. The minimum Gasteiger partial charge on any atom is -0.481 e. The largest absolute Gasteiger partial charge is 0.481 e. The van der Waals surface area contributed by atoms with Gasteiger partial charge in [0.15, 0.2) is 11.8 Å². The fourth-order valence-corrected chi connectivity index (χ4v) is 2.39. The smallest absolute Gasteiger partial charge is 0.266 e. The maximum absolute atomic E-state index is 13.0. The molecule has 0 saturated carbocycles. The second kappa shape index (κ2) is 7.97. The van der Waals surface area contributed by atoms with Crippen LogP contribution in [0.25, 0.3) is 11.3 Å². The summed E-state index contributed by atoms with van der Waals surface area (Å²) in [7, 11) is 0. The Kier molecular flexibility index (Phi) is 5.48. The van der Waals surface area contributed by atoms with Crippen LogP contribution in [0.5, 0.6) is 5.75 Å². The van der Waals surface area contributed by atoms with Gasteiger partial charge in [-0.2, -0.15) is 0 Å². The normalized spacial score (nSPS) is 11.8. The molecule has 1 atom stereocenters. The van der Waals surface area contributed by atoms with Gasteiger partial charge in [0.25, 0.3) is 5.91 Å². The molecule has 134 valence electrons. The molecule has 0 spiro atoms. The number of aromatic nitrogens is 2. The summed E-state index contributed by atoms with van der Waals surface area (Å²) in [6, 6.07) is 12.3. The van der Waals surface area contributed by atoms with Crippen molar-refractivity contribution in [2.75, 3.05) is 5.32 Å². The van der Waals surface area contributed by atoms with Crippen molar-refractivity contribution in [2.24, 2.45) is 0 Å². The number of benzene rings is 2. The van der Waals surface area contributed by atoms with Crippen molar-refractivity contribution in [3.05, 3.63) is 59.4 Å². The number of nitrogens with zero attached hydrogens (tertiary/aromatic N) is 2. The number of hydrogen-bond donors (Lipinski definition) is 1. The van der Waals surface area contributed by atoms with E-state index in [9.17, 15) is 9.18 Å². The highest BCUT2D eigenvalue weighted by atomic mass is 35.5. The van der Waals surface area contributed by atoms with Crippen molar-refractivity contribution in [1.82, 2.24) is 10.3 Å². The summed E-state index contributed by atoms with van der Waals surface area (Å²) < 4.78 is 23.3. The SMILES string of the molecule is CC[C@@H](Oc1ccc(F)cc1)C(=O)Nc1nonc1-c1ccc(Cl)cc1. The maximum atomic E-state index is 13.0. The average molecular weight is 376 g/mol. The van der Waals surface area contributed by atoms with Gasteiger partial charge in [-0.15, -0.1) is 0 Å². The molecular formula is C18H15ClFN3O3. The van der Waals surface area contributed by atoms with E-state index >= 15 is 0 Å². The number of amides is 1. The molecule has 8 heteroatoms. The number of nitrogens with one attached hydrogen (secondary N) is 1. The van der Waals surface area contributed by atoms with Gasteiger partial charge in [-0.3, -0.25) is 4.79 Å². The lowest BCUT2D eigenvalue weighted by atomic mass is 10.1. The van der Waals surface area contributed by atoms with Gasteiger partial charge in [0, 0.05) is 10.6 Å². The highest BCUT2D eigenvalue weighted by Crippen LogP contribution is 2.26. The summed E-state index contributed by atoms with van der Waals surface area (Å²) in [5.41, 5.74) is 1.07. The van der Waals surface area contributed by atoms with E-state index in [0.717, 1.165) is 0 Å². The van der Waals surface area contributed by atoms with E-state index in [4.69, 9.17) is 21.0 Å². The number of rotatable bonds is 6. The zero-order valence-corrected chi connectivity index (χ0v) is 14.5. The Morgan fingerprint density at radius 2 is 1.88 bits per heavy atom. The van der Waals surface area contributed by atoms with Crippen LogP contribution in [0.15, 0.2) is 53.2 Å². The lowest BCUT2D eigenvalue weighted by Crippen LogP contribution is -2.32. The average Bonchev–Trinajstić information content (AvgIpc) is 3.10. The van der Waals surface area contributed by atoms with Crippen molar-refractivity contribution < 1.29 is 18.6 Å². The minimum atomic E-state index is -0.782. The van der Waals surface area contributed by atoms with E-state index in [1.165, 1.54) is 24.3 Å². The molecule has 0 saturated heterocycles.